The van der Waals surface area contributed by atoms with Gasteiger partial charge in [0.15, 0.2) is 0 Å². The van der Waals surface area contributed by atoms with Gasteiger partial charge in [-0.05, 0) is 26.0 Å². The van der Waals surface area contributed by atoms with E-state index in [-0.39, 0.29) is 23.8 Å². The number of nitrogens with one attached hydrogen (secondary N) is 2. The van der Waals surface area contributed by atoms with Crippen molar-refractivity contribution in [2.24, 2.45) is 0 Å². The molecule has 1 aromatic rings. The minimum Gasteiger partial charge on any atom is -0.355 e. The van der Waals surface area contributed by atoms with Gasteiger partial charge in [0, 0.05) is 42.3 Å². The van der Waals surface area contributed by atoms with Gasteiger partial charge in [0.2, 0.25) is 5.91 Å². The Labute approximate surface area is 133 Å². The highest BCUT2D eigenvalue weighted by Gasteiger charge is 2.32. The lowest BCUT2D eigenvalue weighted by Crippen LogP contribution is -2.58. The van der Waals surface area contributed by atoms with Crippen LogP contribution in [0.5, 0.6) is 0 Å². The number of nitrogens with zero attached hydrogens (tertiary/aromatic N) is 1. The van der Waals surface area contributed by atoms with Gasteiger partial charge >= 0.3 is 0 Å². The summed E-state index contributed by atoms with van der Waals surface area (Å²) in [6.45, 7) is 6.57. The molecular formula is C15H21BrFN3O. The van der Waals surface area contributed by atoms with Crippen molar-refractivity contribution in [2.75, 3.05) is 26.2 Å². The Kier molecular flexibility index (Phi) is 5.72. The predicted octanol–water partition coefficient (Wildman–Crippen LogP) is 2.06. The summed E-state index contributed by atoms with van der Waals surface area (Å²) in [5.41, 5.74) is 0.620. The van der Waals surface area contributed by atoms with Gasteiger partial charge in [0.05, 0.1) is 0 Å². The van der Waals surface area contributed by atoms with Crippen molar-refractivity contribution in [3.63, 3.8) is 0 Å². The van der Waals surface area contributed by atoms with E-state index in [1.54, 1.807) is 6.07 Å². The van der Waals surface area contributed by atoms with Crippen LogP contribution in [0.15, 0.2) is 22.7 Å². The molecule has 0 spiro atoms. The van der Waals surface area contributed by atoms with Crippen LogP contribution < -0.4 is 10.6 Å². The number of hydrogen-bond acceptors (Lipinski definition) is 3. The van der Waals surface area contributed by atoms with Crippen LogP contribution in [0.25, 0.3) is 0 Å². The molecule has 0 aromatic heterocycles. The number of carbonyl (C=O) groups excluding carboxylic acids is 1. The van der Waals surface area contributed by atoms with Crippen LogP contribution in [0.4, 0.5) is 4.39 Å². The maximum absolute atomic E-state index is 14.2. The standard InChI is InChI=1S/C15H21BrFN3O/c1-3-19-15(21)14-9-18-6-7-20(14)10(2)12-5-4-11(16)8-13(12)17/h4-5,8,10,14,18H,3,6-7,9H2,1-2H3,(H,19,21). The highest BCUT2D eigenvalue weighted by molar-refractivity contribution is 9.10. The molecule has 0 saturated carbocycles. The van der Waals surface area contributed by atoms with Gasteiger partial charge in [0.25, 0.3) is 0 Å². The van der Waals surface area contributed by atoms with E-state index in [1.807, 2.05) is 19.9 Å². The smallest absolute Gasteiger partial charge is 0.238 e. The molecule has 0 radical (unpaired) electrons. The van der Waals surface area contributed by atoms with E-state index in [2.05, 4.69) is 31.5 Å². The lowest BCUT2D eigenvalue weighted by atomic mass is 10.0. The molecule has 2 atom stereocenters. The molecule has 2 rings (SSSR count). The first kappa shape index (κ1) is 16.4. The molecule has 6 heteroatoms. The lowest BCUT2D eigenvalue weighted by molar-refractivity contribution is -0.128. The first-order valence-corrected chi connectivity index (χ1v) is 8.03. The van der Waals surface area contributed by atoms with Gasteiger partial charge in [0.1, 0.15) is 11.9 Å². The minimum absolute atomic E-state index is 0.00549. The van der Waals surface area contributed by atoms with Crippen LogP contribution in [0.1, 0.15) is 25.5 Å². The van der Waals surface area contributed by atoms with Crippen molar-refractivity contribution in [1.29, 1.82) is 0 Å². The first-order chi connectivity index (χ1) is 10.0. The third-order valence-corrected chi connectivity index (χ3v) is 4.34. The Morgan fingerprint density at radius 3 is 3.05 bits per heavy atom. The van der Waals surface area contributed by atoms with Gasteiger partial charge in [-0.15, -0.1) is 0 Å². The van der Waals surface area contributed by atoms with Crippen LogP contribution in [0, 0.1) is 5.82 Å². The van der Waals surface area contributed by atoms with Crippen LogP contribution in [-0.2, 0) is 4.79 Å². The zero-order valence-electron chi connectivity index (χ0n) is 12.3. The van der Waals surface area contributed by atoms with Crippen LogP contribution >= 0.6 is 15.9 Å². The average molecular weight is 358 g/mol. The van der Waals surface area contributed by atoms with Gasteiger partial charge in [-0.3, -0.25) is 9.69 Å². The second kappa shape index (κ2) is 7.33. The summed E-state index contributed by atoms with van der Waals surface area (Å²) in [5, 5.41) is 6.08. The Bertz CT molecular complexity index is 512. The summed E-state index contributed by atoms with van der Waals surface area (Å²) in [5.74, 6) is -0.251. The van der Waals surface area contributed by atoms with Crippen molar-refractivity contribution in [3.8, 4) is 0 Å². The number of rotatable bonds is 4. The monoisotopic (exact) mass is 357 g/mol. The maximum Gasteiger partial charge on any atom is 0.238 e. The fourth-order valence-corrected chi connectivity index (χ4v) is 3.07. The maximum atomic E-state index is 14.2. The third kappa shape index (κ3) is 3.81. The van der Waals surface area contributed by atoms with Crippen LogP contribution in [-0.4, -0.2) is 43.0 Å². The molecule has 1 saturated heterocycles. The van der Waals surface area contributed by atoms with E-state index in [9.17, 15) is 9.18 Å². The highest BCUT2D eigenvalue weighted by Crippen LogP contribution is 2.27. The Hall–Kier alpha value is -0.980. The van der Waals surface area contributed by atoms with Gasteiger partial charge in [-0.1, -0.05) is 22.0 Å². The summed E-state index contributed by atoms with van der Waals surface area (Å²) in [6.07, 6.45) is 0. The second-order valence-electron chi connectivity index (χ2n) is 5.19. The van der Waals surface area contributed by atoms with E-state index in [0.29, 0.717) is 18.7 Å². The largest absolute Gasteiger partial charge is 0.355 e. The van der Waals surface area contributed by atoms with E-state index in [4.69, 9.17) is 0 Å². The van der Waals surface area contributed by atoms with Crippen molar-refractivity contribution in [3.05, 3.63) is 34.1 Å². The first-order valence-electron chi connectivity index (χ1n) is 7.23. The van der Waals surface area contributed by atoms with E-state index >= 15 is 0 Å². The number of halogens is 2. The number of carbonyl (C=O) groups is 1. The molecular weight excluding hydrogens is 337 g/mol. The summed E-state index contributed by atoms with van der Waals surface area (Å²) in [7, 11) is 0. The van der Waals surface area contributed by atoms with Crippen molar-refractivity contribution in [1.82, 2.24) is 15.5 Å². The third-order valence-electron chi connectivity index (χ3n) is 3.85. The number of amides is 1. The summed E-state index contributed by atoms with van der Waals surface area (Å²) in [4.78, 5) is 14.3. The van der Waals surface area contributed by atoms with Crippen molar-refractivity contribution >= 4 is 21.8 Å². The SMILES string of the molecule is CCNC(=O)C1CNCCN1C(C)c1ccc(Br)cc1F. The molecule has 116 valence electrons. The summed E-state index contributed by atoms with van der Waals surface area (Å²) < 4.78 is 14.9. The quantitative estimate of drug-likeness (QED) is 0.866. The fraction of sp³-hybridized carbons (Fsp3) is 0.533. The zero-order valence-corrected chi connectivity index (χ0v) is 13.9. The molecule has 1 fully saturated rings. The average Bonchev–Trinajstić information content (AvgIpc) is 2.47. The number of hydrogen-bond donors (Lipinski definition) is 2. The van der Waals surface area contributed by atoms with Gasteiger partial charge < -0.3 is 10.6 Å². The molecule has 21 heavy (non-hydrogen) atoms. The van der Waals surface area contributed by atoms with Gasteiger partial charge in [-0.2, -0.15) is 0 Å². The van der Waals surface area contributed by atoms with Gasteiger partial charge in [-0.25, -0.2) is 4.39 Å². The molecule has 1 amide bonds. The topological polar surface area (TPSA) is 44.4 Å². The lowest BCUT2D eigenvalue weighted by Gasteiger charge is -2.39. The van der Waals surface area contributed by atoms with Crippen molar-refractivity contribution in [2.45, 2.75) is 25.9 Å². The molecule has 2 N–H and O–H groups in total. The summed E-state index contributed by atoms with van der Waals surface area (Å²) in [6, 6.07) is 4.67. The molecule has 2 unspecified atom stereocenters. The molecule has 0 aliphatic carbocycles. The minimum atomic E-state index is -0.267. The molecule has 1 aliphatic heterocycles. The van der Waals surface area contributed by atoms with E-state index in [0.717, 1.165) is 17.6 Å². The highest BCUT2D eigenvalue weighted by atomic mass is 79.9. The zero-order chi connectivity index (χ0) is 15.4. The normalized spacial score (nSPS) is 21.0. The molecule has 0 bridgehead atoms. The molecule has 1 aliphatic rings. The Morgan fingerprint density at radius 1 is 1.62 bits per heavy atom. The Morgan fingerprint density at radius 2 is 2.38 bits per heavy atom. The second-order valence-corrected chi connectivity index (χ2v) is 6.11. The fourth-order valence-electron chi connectivity index (χ4n) is 2.74. The van der Waals surface area contributed by atoms with E-state index < -0.39 is 0 Å². The summed E-state index contributed by atoms with van der Waals surface area (Å²) >= 11 is 3.27. The molecule has 1 heterocycles. The van der Waals surface area contributed by atoms with E-state index in [1.165, 1.54) is 6.07 Å². The number of likely N-dealkylation sites (N-methyl/N-ethyl adjacent to an activating group) is 1. The number of benzene rings is 1. The molecule has 1 aromatic carbocycles. The van der Waals surface area contributed by atoms with Crippen molar-refractivity contribution < 1.29 is 9.18 Å². The molecule has 4 nitrogen and oxygen atoms in total. The van der Waals surface area contributed by atoms with Crippen LogP contribution in [0.3, 0.4) is 0 Å². The van der Waals surface area contributed by atoms with Crippen LogP contribution in [0.2, 0.25) is 0 Å². The Balaban J connectivity index is 2.21. The predicted molar refractivity (Wildman–Crippen MR) is 84.6 cm³/mol. The number of piperazine rings is 1.